The van der Waals surface area contributed by atoms with Crippen LogP contribution in [0.3, 0.4) is 0 Å². The highest BCUT2D eigenvalue weighted by Gasteiger charge is 2.11. The number of hydrogen-bond acceptors (Lipinski definition) is 2. The zero-order chi connectivity index (χ0) is 18.2. The summed E-state index contributed by atoms with van der Waals surface area (Å²) in [6, 6.07) is 13.1. The SMILES string of the molecule is CC(=O)N(CCC(=O)Nc1cccc(Cl)c1)CCc1ccc(F)cc1. The van der Waals surface area contributed by atoms with E-state index in [1.807, 2.05) is 0 Å². The van der Waals surface area contributed by atoms with Crippen molar-refractivity contribution in [1.82, 2.24) is 4.90 Å². The first kappa shape index (κ1) is 18.9. The summed E-state index contributed by atoms with van der Waals surface area (Å²) in [6.07, 6.45) is 0.797. The van der Waals surface area contributed by atoms with E-state index in [0.717, 1.165) is 5.56 Å². The molecule has 0 atom stereocenters. The molecule has 0 heterocycles. The quantitative estimate of drug-likeness (QED) is 0.812. The Balaban J connectivity index is 1.83. The summed E-state index contributed by atoms with van der Waals surface area (Å²) in [5.41, 5.74) is 1.56. The van der Waals surface area contributed by atoms with Crippen LogP contribution in [0.25, 0.3) is 0 Å². The van der Waals surface area contributed by atoms with Crippen LogP contribution in [-0.4, -0.2) is 29.8 Å². The van der Waals surface area contributed by atoms with Gasteiger partial charge in [0.2, 0.25) is 11.8 Å². The molecule has 0 aliphatic rings. The normalized spacial score (nSPS) is 10.4. The molecule has 0 aliphatic heterocycles. The van der Waals surface area contributed by atoms with Gasteiger partial charge in [-0.25, -0.2) is 4.39 Å². The van der Waals surface area contributed by atoms with Crippen LogP contribution >= 0.6 is 11.6 Å². The van der Waals surface area contributed by atoms with Crippen LogP contribution in [0.15, 0.2) is 48.5 Å². The molecule has 0 fully saturated rings. The summed E-state index contributed by atoms with van der Waals surface area (Å²) in [4.78, 5) is 25.4. The van der Waals surface area contributed by atoms with Crippen molar-refractivity contribution in [2.75, 3.05) is 18.4 Å². The molecular weight excluding hydrogens is 343 g/mol. The topological polar surface area (TPSA) is 49.4 Å². The van der Waals surface area contributed by atoms with Gasteiger partial charge < -0.3 is 10.2 Å². The third kappa shape index (κ3) is 6.55. The monoisotopic (exact) mass is 362 g/mol. The maximum atomic E-state index is 12.9. The van der Waals surface area contributed by atoms with Gasteiger partial charge in [0.15, 0.2) is 0 Å². The predicted octanol–water partition coefficient (Wildman–Crippen LogP) is 3.90. The fourth-order valence-corrected chi connectivity index (χ4v) is 2.56. The van der Waals surface area contributed by atoms with Gasteiger partial charge in [0.25, 0.3) is 0 Å². The van der Waals surface area contributed by atoms with Gasteiger partial charge in [-0.3, -0.25) is 9.59 Å². The number of nitrogens with one attached hydrogen (secondary N) is 1. The highest BCUT2D eigenvalue weighted by Crippen LogP contribution is 2.15. The molecule has 2 amide bonds. The summed E-state index contributed by atoms with van der Waals surface area (Å²) < 4.78 is 12.9. The molecular formula is C19H20ClFN2O2. The lowest BCUT2D eigenvalue weighted by atomic mass is 10.1. The number of amides is 2. The van der Waals surface area contributed by atoms with E-state index in [1.54, 1.807) is 41.3 Å². The van der Waals surface area contributed by atoms with Crippen LogP contribution in [0.1, 0.15) is 18.9 Å². The Morgan fingerprint density at radius 3 is 2.48 bits per heavy atom. The first-order valence-electron chi connectivity index (χ1n) is 7.99. The number of anilines is 1. The first-order chi connectivity index (χ1) is 11.9. The van der Waals surface area contributed by atoms with E-state index in [0.29, 0.717) is 30.2 Å². The zero-order valence-corrected chi connectivity index (χ0v) is 14.7. The van der Waals surface area contributed by atoms with Crippen molar-refractivity contribution in [3.8, 4) is 0 Å². The summed E-state index contributed by atoms with van der Waals surface area (Å²) in [5.74, 6) is -0.571. The van der Waals surface area contributed by atoms with E-state index in [-0.39, 0.29) is 24.1 Å². The Hall–Kier alpha value is -2.40. The largest absolute Gasteiger partial charge is 0.342 e. The van der Waals surface area contributed by atoms with E-state index in [9.17, 15) is 14.0 Å². The first-order valence-corrected chi connectivity index (χ1v) is 8.37. The molecule has 1 N–H and O–H groups in total. The van der Waals surface area contributed by atoms with Crippen molar-refractivity contribution in [3.63, 3.8) is 0 Å². The van der Waals surface area contributed by atoms with Gasteiger partial charge in [0, 0.05) is 37.1 Å². The third-order valence-electron chi connectivity index (χ3n) is 3.75. The van der Waals surface area contributed by atoms with Gasteiger partial charge >= 0.3 is 0 Å². The molecule has 2 rings (SSSR count). The van der Waals surface area contributed by atoms with Crippen molar-refractivity contribution in [2.45, 2.75) is 19.8 Å². The minimum atomic E-state index is -0.287. The summed E-state index contributed by atoms with van der Waals surface area (Å²) >= 11 is 5.88. The lowest BCUT2D eigenvalue weighted by molar-refractivity contribution is -0.129. The Kier molecular flexibility index (Phi) is 6.95. The molecule has 0 radical (unpaired) electrons. The smallest absolute Gasteiger partial charge is 0.226 e. The number of halogens is 2. The lowest BCUT2D eigenvalue weighted by Gasteiger charge is -2.21. The number of hydrogen-bond donors (Lipinski definition) is 1. The van der Waals surface area contributed by atoms with E-state index < -0.39 is 0 Å². The highest BCUT2D eigenvalue weighted by molar-refractivity contribution is 6.30. The summed E-state index contributed by atoms with van der Waals surface area (Å²) in [6.45, 7) is 2.27. The van der Waals surface area contributed by atoms with E-state index in [2.05, 4.69) is 5.32 Å². The van der Waals surface area contributed by atoms with Gasteiger partial charge in [-0.15, -0.1) is 0 Å². The minimum absolute atomic E-state index is 0.0994. The van der Waals surface area contributed by atoms with E-state index in [1.165, 1.54) is 19.1 Å². The fourth-order valence-electron chi connectivity index (χ4n) is 2.37. The van der Waals surface area contributed by atoms with Gasteiger partial charge in [0.1, 0.15) is 5.82 Å². The van der Waals surface area contributed by atoms with Crippen LogP contribution in [-0.2, 0) is 16.0 Å². The molecule has 0 aliphatic carbocycles. The molecule has 0 aromatic heterocycles. The zero-order valence-electron chi connectivity index (χ0n) is 14.0. The van der Waals surface area contributed by atoms with Crippen LogP contribution in [0.4, 0.5) is 10.1 Å². The Morgan fingerprint density at radius 2 is 1.84 bits per heavy atom. The van der Waals surface area contributed by atoms with E-state index in [4.69, 9.17) is 11.6 Å². The van der Waals surface area contributed by atoms with Crippen LogP contribution in [0.5, 0.6) is 0 Å². The molecule has 0 bridgehead atoms. The maximum Gasteiger partial charge on any atom is 0.226 e. The Morgan fingerprint density at radius 1 is 1.12 bits per heavy atom. The Labute approximate surface area is 151 Å². The molecule has 132 valence electrons. The molecule has 0 saturated carbocycles. The number of rotatable bonds is 7. The number of carbonyl (C=O) groups excluding carboxylic acids is 2. The minimum Gasteiger partial charge on any atom is -0.342 e. The number of carbonyl (C=O) groups is 2. The van der Waals surface area contributed by atoms with Crippen molar-refractivity contribution in [1.29, 1.82) is 0 Å². The molecule has 25 heavy (non-hydrogen) atoms. The lowest BCUT2D eigenvalue weighted by Crippen LogP contribution is -2.33. The maximum absolute atomic E-state index is 12.9. The molecule has 0 spiro atoms. The van der Waals surface area contributed by atoms with Gasteiger partial charge in [-0.2, -0.15) is 0 Å². The standard InChI is InChI=1S/C19H20ClFN2O2/c1-14(24)23(11-9-15-5-7-17(21)8-6-15)12-10-19(25)22-18-4-2-3-16(20)13-18/h2-8,13H,9-12H2,1H3,(H,22,25). The van der Waals surface area contributed by atoms with Gasteiger partial charge in [-0.1, -0.05) is 29.8 Å². The molecule has 0 unspecified atom stereocenters. The third-order valence-corrected chi connectivity index (χ3v) is 3.98. The van der Waals surface area contributed by atoms with Crippen LogP contribution in [0.2, 0.25) is 5.02 Å². The molecule has 6 heteroatoms. The Bertz CT molecular complexity index is 734. The average molecular weight is 363 g/mol. The van der Waals surface area contributed by atoms with Crippen molar-refractivity contribution in [3.05, 3.63) is 64.9 Å². The highest BCUT2D eigenvalue weighted by atomic mass is 35.5. The predicted molar refractivity (Wildman–Crippen MR) is 97.1 cm³/mol. The second-order valence-corrected chi connectivity index (χ2v) is 6.13. The summed E-state index contributed by atoms with van der Waals surface area (Å²) in [5, 5.41) is 3.30. The molecule has 2 aromatic rings. The second-order valence-electron chi connectivity index (χ2n) is 5.69. The van der Waals surface area contributed by atoms with Crippen molar-refractivity contribution in [2.24, 2.45) is 0 Å². The van der Waals surface area contributed by atoms with Crippen LogP contribution < -0.4 is 5.32 Å². The van der Waals surface area contributed by atoms with Gasteiger partial charge in [0.05, 0.1) is 0 Å². The molecule has 0 saturated heterocycles. The second kappa shape index (κ2) is 9.18. The number of nitrogens with zero attached hydrogens (tertiary/aromatic N) is 1. The summed E-state index contributed by atoms with van der Waals surface area (Å²) in [7, 11) is 0. The van der Waals surface area contributed by atoms with Crippen molar-refractivity contribution >= 4 is 29.1 Å². The van der Waals surface area contributed by atoms with E-state index >= 15 is 0 Å². The van der Waals surface area contributed by atoms with Gasteiger partial charge in [-0.05, 0) is 42.3 Å². The molecule has 4 nitrogen and oxygen atoms in total. The average Bonchev–Trinajstić information content (AvgIpc) is 2.56. The number of benzene rings is 2. The van der Waals surface area contributed by atoms with Crippen molar-refractivity contribution < 1.29 is 14.0 Å². The molecule has 2 aromatic carbocycles. The van der Waals surface area contributed by atoms with Crippen LogP contribution in [0, 0.1) is 5.82 Å². The fraction of sp³-hybridized carbons (Fsp3) is 0.263.